The van der Waals surface area contributed by atoms with Crippen LogP contribution in [0.2, 0.25) is 0 Å². The van der Waals surface area contributed by atoms with E-state index in [1.165, 1.54) is 12.1 Å². The van der Waals surface area contributed by atoms with Crippen LogP contribution in [0, 0.1) is 0 Å². The molecule has 1 rings (SSSR count). The molecule has 0 aliphatic carbocycles. The lowest BCUT2D eigenvalue weighted by Gasteiger charge is -2.04. The summed E-state index contributed by atoms with van der Waals surface area (Å²) in [6.07, 6.45) is 0. The first-order chi connectivity index (χ1) is 5.52. The lowest BCUT2D eigenvalue weighted by molar-refractivity contribution is 0.480. The van der Waals surface area contributed by atoms with Crippen molar-refractivity contribution >= 4 is 21.7 Å². The molecule has 0 aromatic heterocycles. The molecule has 1 atom stereocenters. The summed E-state index contributed by atoms with van der Waals surface area (Å²) < 4.78 is 28.3. The smallest absolute Gasteiger partial charge is 0.284 e. The van der Waals surface area contributed by atoms with Gasteiger partial charge in [-0.2, -0.15) is 8.42 Å². The molecule has 3 nitrogen and oxygen atoms in total. The minimum atomic E-state index is -4.19. The summed E-state index contributed by atoms with van der Waals surface area (Å²) in [5.74, 6) is 0. The van der Waals surface area contributed by atoms with E-state index in [-0.39, 0.29) is 0 Å². The Balaban J connectivity index is 3.02. The van der Waals surface area contributed by atoms with E-state index in [1.807, 2.05) is 0 Å². The zero-order valence-electron chi connectivity index (χ0n) is 6.01. The Bertz CT molecular complexity index is 346. The van der Waals surface area contributed by atoms with Gasteiger partial charge in [0.1, 0.15) is 0 Å². The molecule has 1 aromatic rings. The van der Waals surface area contributed by atoms with Crippen LogP contribution in [-0.2, 0) is 10.1 Å². The van der Waals surface area contributed by atoms with E-state index in [9.17, 15) is 8.42 Å². The van der Waals surface area contributed by atoms with Crippen LogP contribution in [0.5, 0.6) is 0 Å². The van der Waals surface area contributed by atoms with Crippen LogP contribution in [0.25, 0.3) is 0 Å². The molecule has 66 valence electrons. The standard InChI is InChI=1S/C7H7ClO3S/c8-7(12(9,10)11)6-4-2-1-3-5-6/h1-5,7H,(H,9,10,11)/t7-/m1/s1. The third-order valence-corrected chi connectivity index (χ3v) is 3.05. The van der Waals surface area contributed by atoms with E-state index in [4.69, 9.17) is 16.2 Å². The Morgan fingerprint density at radius 1 is 1.25 bits per heavy atom. The van der Waals surface area contributed by atoms with Crippen LogP contribution in [0.3, 0.4) is 0 Å². The summed E-state index contributed by atoms with van der Waals surface area (Å²) in [7, 11) is -4.19. The van der Waals surface area contributed by atoms with Crippen molar-refractivity contribution in [2.45, 2.75) is 4.71 Å². The zero-order valence-corrected chi connectivity index (χ0v) is 7.59. The molecule has 12 heavy (non-hydrogen) atoms. The maximum Gasteiger partial charge on any atom is 0.286 e. The average Bonchev–Trinajstić information content (AvgIpc) is 2.03. The fourth-order valence-electron chi connectivity index (χ4n) is 0.776. The van der Waals surface area contributed by atoms with Crippen molar-refractivity contribution in [3.63, 3.8) is 0 Å². The first kappa shape index (κ1) is 9.51. The highest BCUT2D eigenvalue weighted by atomic mass is 35.5. The minimum absolute atomic E-state index is 0.363. The second kappa shape index (κ2) is 3.43. The predicted octanol–water partition coefficient (Wildman–Crippen LogP) is 1.81. The second-order valence-corrected chi connectivity index (χ2v) is 4.44. The summed E-state index contributed by atoms with van der Waals surface area (Å²) in [6.45, 7) is 0. The van der Waals surface area contributed by atoms with E-state index in [0.717, 1.165) is 0 Å². The van der Waals surface area contributed by atoms with E-state index in [1.54, 1.807) is 18.2 Å². The summed E-state index contributed by atoms with van der Waals surface area (Å²) in [5.41, 5.74) is 0.363. The molecule has 0 spiro atoms. The molecule has 0 saturated carbocycles. The van der Waals surface area contributed by atoms with Gasteiger partial charge in [0.05, 0.1) is 0 Å². The Hall–Kier alpha value is -0.580. The molecular weight excluding hydrogens is 200 g/mol. The highest BCUT2D eigenvalue weighted by Gasteiger charge is 2.21. The summed E-state index contributed by atoms with van der Waals surface area (Å²) in [4.78, 5) is 0. The lowest BCUT2D eigenvalue weighted by Crippen LogP contribution is -2.05. The Morgan fingerprint density at radius 2 is 1.75 bits per heavy atom. The van der Waals surface area contributed by atoms with Crippen molar-refractivity contribution in [1.82, 2.24) is 0 Å². The van der Waals surface area contributed by atoms with Crippen LogP contribution in [0.1, 0.15) is 10.3 Å². The van der Waals surface area contributed by atoms with Crippen LogP contribution < -0.4 is 0 Å². The van der Waals surface area contributed by atoms with Crippen molar-refractivity contribution in [2.24, 2.45) is 0 Å². The Morgan fingerprint density at radius 3 is 2.17 bits per heavy atom. The molecule has 0 heterocycles. The number of alkyl halides is 1. The predicted molar refractivity (Wildman–Crippen MR) is 46.6 cm³/mol. The molecule has 1 aromatic carbocycles. The van der Waals surface area contributed by atoms with E-state index >= 15 is 0 Å². The molecule has 0 radical (unpaired) electrons. The summed E-state index contributed by atoms with van der Waals surface area (Å²) in [5, 5.41) is 0. The summed E-state index contributed by atoms with van der Waals surface area (Å²) >= 11 is 5.44. The second-order valence-electron chi connectivity index (χ2n) is 2.24. The van der Waals surface area contributed by atoms with Gasteiger partial charge in [-0.1, -0.05) is 41.9 Å². The topological polar surface area (TPSA) is 54.4 Å². The third-order valence-electron chi connectivity index (χ3n) is 1.32. The molecule has 5 heteroatoms. The molecular formula is C7H7ClO3S. The first-order valence-electron chi connectivity index (χ1n) is 3.17. The molecule has 0 unspecified atom stereocenters. The zero-order chi connectivity index (χ0) is 9.19. The maximum atomic E-state index is 10.6. The normalized spacial score (nSPS) is 14.2. The molecule has 0 saturated heterocycles. The Labute approximate surface area is 75.7 Å². The van der Waals surface area contributed by atoms with Crippen LogP contribution >= 0.6 is 11.6 Å². The lowest BCUT2D eigenvalue weighted by atomic mass is 10.2. The Kier molecular flexibility index (Phi) is 2.72. The maximum absolute atomic E-state index is 10.6. The molecule has 0 aliphatic heterocycles. The van der Waals surface area contributed by atoms with Gasteiger partial charge in [0.25, 0.3) is 10.1 Å². The molecule has 0 bridgehead atoms. The van der Waals surface area contributed by atoms with Crippen LogP contribution in [0.4, 0.5) is 0 Å². The number of halogens is 1. The van der Waals surface area contributed by atoms with Gasteiger partial charge in [-0.05, 0) is 5.56 Å². The van der Waals surface area contributed by atoms with E-state index in [0.29, 0.717) is 5.56 Å². The van der Waals surface area contributed by atoms with Gasteiger partial charge in [-0.15, -0.1) is 0 Å². The number of hydrogen-bond donors (Lipinski definition) is 1. The van der Waals surface area contributed by atoms with Gasteiger partial charge in [-0.25, -0.2) is 0 Å². The van der Waals surface area contributed by atoms with Gasteiger partial charge in [0.15, 0.2) is 4.71 Å². The number of hydrogen-bond acceptors (Lipinski definition) is 2. The van der Waals surface area contributed by atoms with Gasteiger partial charge in [0, 0.05) is 0 Å². The van der Waals surface area contributed by atoms with Gasteiger partial charge in [-0.3, -0.25) is 4.55 Å². The van der Waals surface area contributed by atoms with Gasteiger partial charge >= 0.3 is 0 Å². The van der Waals surface area contributed by atoms with Gasteiger partial charge < -0.3 is 0 Å². The number of benzene rings is 1. The molecule has 0 amide bonds. The van der Waals surface area contributed by atoms with Crippen molar-refractivity contribution in [2.75, 3.05) is 0 Å². The molecule has 0 fully saturated rings. The monoisotopic (exact) mass is 206 g/mol. The summed E-state index contributed by atoms with van der Waals surface area (Å²) in [6, 6.07) is 8.10. The van der Waals surface area contributed by atoms with Crippen LogP contribution in [-0.4, -0.2) is 13.0 Å². The average molecular weight is 207 g/mol. The molecule has 0 aliphatic rings. The first-order valence-corrected chi connectivity index (χ1v) is 5.11. The fourth-order valence-corrected chi connectivity index (χ4v) is 1.42. The van der Waals surface area contributed by atoms with Crippen molar-refractivity contribution < 1.29 is 13.0 Å². The largest absolute Gasteiger partial charge is 0.286 e. The quantitative estimate of drug-likeness (QED) is 0.593. The molecule has 1 N–H and O–H groups in total. The third kappa shape index (κ3) is 2.20. The van der Waals surface area contributed by atoms with Crippen molar-refractivity contribution in [3.05, 3.63) is 35.9 Å². The van der Waals surface area contributed by atoms with Crippen molar-refractivity contribution in [3.8, 4) is 0 Å². The van der Waals surface area contributed by atoms with Gasteiger partial charge in [0.2, 0.25) is 0 Å². The van der Waals surface area contributed by atoms with Crippen LogP contribution in [0.15, 0.2) is 30.3 Å². The highest BCUT2D eigenvalue weighted by Crippen LogP contribution is 2.24. The SMILES string of the molecule is O=S(=O)(O)[C@@H](Cl)c1ccccc1. The van der Waals surface area contributed by atoms with E-state index in [2.05, 4.69) is 0 Å². The highest BCUT2D eigenvalue weighted by molar-refractivity contribution is 7.87. The van der Waals surface area contributed by atoms with E-state index < -0.39 is 14.8 Å². The minimum Gasteiger partial charge on any atom is -0.284 e. The number of rotatable bonds is 2. The van der Waals surface area contributed by atoms with Crippen molar-refractivity contribution in [1.29, 1.82) is 0 Å². The fraction of sp³-hybridized carbons (Fsp3) is 0.143.